The maximum absolute atomic E-state index is 13.9. The van der Waals surface area contributed by atoms with Crippen molar-refractivity contribution < 1.29 is 23.4 Å². The Labute approximate surface area is 190 Å². The van der Waals surface area contributed by atoms with Gasteiger partial charge in [-0.2, -0.15) is 0 Å². The molecule has 10 heteroatoms. The van der Waals surface area contributed by atoms with Crippen molar-refractivity contribution >= 4 is 33.3 Å². The summed E-state index contributed by atoms with van der Waals surface area (Å²) >= 11 is 1.25. The Balaban J connectivity index is 1.78. The molecule has 1 amide bonds. The first-order chi connectivity index (χ1) is 15.9. The molecule has 0 unspecified atom stereocenters. The number of ether oxygens (including phenoxy) is 1. The third-order valence-corrected chi connectivity index (χ3v) is 6.46. The van der Waals surface area contributed by atoms with E-state index < -0.39 is 23.2 Å². The van der Waals surface area contributed by atoms with Crippen molar-refractivity contribution in [1.82, 2.24) is 10.2 Å². The SMILES string of the molecule is CCCc1nnc(N2C(=O)c3oc4ccc(F)cc4c(=O)c3[C@H]2c2ccc(O)c(OC)c2)s1. The molecule has 0 saturated carbocycles. The molecule has 1 atom stereocenters. The Morgan fingerprint density at radius 3 is 2.79 bits per heavy atom. The van der Waals surface area contributed by atoms with Crippen molar-refractivity contribution in [2.75, 3.05) is 12.0 Å². The summed E-state index contributed by atoms with van der Waals surface area (Å²) in [6, 6.07) is 7.20. The molecule has 0 radical (unpaired) electrons. The van der Waals surface area contributed by atoms with Crippen LogP contribution < -0.4 is 15.1 Å². The molecular weight excluding hydrogens is 449 g/mol. The lowest BCUT2D eigenvalue weighted by Crippen LogP contribution is -2.29. The van der Waals surface area contributed by atoms with Crippen LogP contribution in [0.5, 0.6) is 11.5 Å². The summed E-state index contributed by atoms with van der Waals surface area (Å²) < 4.78 is 24.9. The number of aryl methyl sites for hydroxylation is 1. The number of aromatic nitrogens is 2. The van der Waals surface area contributed by atoms with Crippen molar-refractivity contribution in [3.63, 3.8) is 0 Å². The Hall–Kier alpha value is -3.79. The molecule has 0 aliphatic carbocycles. The van der Waals surface area contributed by atoms with Crippen LogP contribution in [0.3, 0.4) is 0 Å². The van der Waals surface area contributed by atoms with Gasteiger partial charge in [-0.3, -0.25) is 14.5 Å². The standard InChI is InChI=1S/C23H18FN3O5S/c1-3-4-17-25-26-23(33-17)27-19(11-5-7-14(28)16(9-11)31-2)18-20(29)13-10-12(24)6-8-15(13)32-21(18)22(27)30/h5-10,19,28H,3-4H2,1-2H3/t19-/m1/s1. The van der Waals surface area contributed by atoms with Gasteiger partial charge in [0.1, 0.15) is 16.4 Å². The van der Waals surface area contributed by atoms with Crippen LogP contribution in [0.4, 0.5) is 9.52 Å². The van der Waals surface area contributed by atoms with Crippen molar-refractivity contribution in [2.45, 2.75) is 25.8 Å². The van der Waals surface area contributed by atoms with E-state index >= 15 is 0 Å². The van der Waals surface area contributed by atoms with E-state index in [1.165, 1.54) is 41.5 Å². The number of phenolic OH excluding ortho intramolecular Hbond substituents is 1. The van der Waals surface area contributed by atoms with Gasteiger partial charge >= 0.3 is 0 Å². The lowest BCUT2D eigenvalue weighted by molar-refractivity contribution is 0.0970. The van der Waals surface area contributed by atoms with Crippen LogP contribution in [-0.2, 0) is 6.42 Å². The number of nitrogens with zero attached hydrogens (tertiary/aromatic N) is 3. The Morgan fingerprint density at radius 1 is 1.21 bits per heavy atom. The number of amides is 1. The summed E-state index contributed by atoms with van der Waals surface area (Å²) in [7, 11) is 1.40. The van der Waals surface area contributed by atoms with Crippen LogP contribution in [0, 0.1) is 5.82 Å². The number of halogens is 1. The average Bonchev–Trinajstić information content (AvgIpc) is 3.37. The molecular formula is C23H18FN3O5S. The fraction of sp³-hybridized carbons (Fsp3) is 0.217. The second kappa shape index (κ2) is 7.96. The van der Waals surface area contributed by atoms with Crippen molar-refractivity contribution in [1.29, 1.82) is 0 Å². The van der Waals surface area contributed by atoms with E-state index in [4.69, 9.17) is 9.15 Å². The highest BCUT2D eigenvalue weighted by atomic mass is 32.1. The highest BCUT2D eigenvalue weighted by Crippen LogP contribution is 2.43. The first-order valence-electron chi connectivity index (χ1n) is 10.2. The number of benzene rings is 2. The highest BCUT2D eigenvalue weighted by molar-refractivity contribution is 7.15. The fourth-order valence-electron chi connectivity index (χ4n) is 3.98. The van der Waals surface area contributed by atoms with Gasteiger partial charge in [-0.1, -0.05) is 24.3 Å². The average molecular weight is 467 g/mol. The number of phenols is 1. The molecule has 3 heterocycles. The number of hydrogen-bond donors (Lipinski definition) is 1. The predicted octanol–water partition coefficient (Wildman–Crippen LogP) is 4.20. The minimum Gasteiger partial charge on any atom is -0.504 e. The molecule has 0 bridgehead atoms. The quantitative estimate of drug-likeness (QED) is 0.469. The van der Waals surface area contributed by atoms with Gasteiger partial charge in [0.15, 0.2) is 16.9 Å². The molecule has 4 aromatic rings. The van der Waals surface area contributed by atoms with Gasteiger partial charge in [-0.25, -0.2) is 4.39 Å². The number of hydrogen-bond acceptors (Lipinski definition) is 8. The summed E-state index contributed by atoms with van der Waals surface area (Å²) in [6.45, 7) is 2.01. The molecule has 0 spiro atoms. The lowest BCUT2D eigenvalue weighted by atomic mass is 9.98. The molecule has 8 nitrogen and oxygen atoms in total. The maximum atomic E-state index is 13.9. The zero-order valence-electron chi connectivity index (χ0n) is 17.7. The summed E-state index contributed by atoms with van der Waals surface area (Å²) in [6.07, 6.45) is 1.56. The van der Waals surface area contributed by atoms with Crippen LogP contribution >= 0.6 is 11.3 Å². The smallest absolute Gasteiger partial charge is 0.297 e. The summed E-state index contributed by atoms with van der Waals surface area (Å²) in [4.78, 5) is 28.4. The largest absolute Gasteiger partial charge is 0.504 e. The summed E-state index contributed by atoms with van der Waals surface area (Å²) in [5.74, 6) is -1.19. The molecule has 33 heavy (non-hydrogen) atoms. The number of rotatable bonds is 5. The molecule has 0 fully saturated rings. The van der Waals surface area contributed by atoms with E-state index in [2.05, 4.69) is 10.2 Å². The third kappa shape index (κ3) is 3.34. The Morgan fingerprint density at radius 2 is 2.03 bits per heavy atom. The van der Waals surface area contributed by atoms with Gasteiger partial charge in [0.05, 0.1) is 24.1 Å². The van der Waals surface area contributed by atoms with Crippen LogP contribution in [-0.4, -0.2) is 28.3 Å². The second-order valence-corrected chi connectivity index (χ2v) is 8.59. The maximum Gasteiger partial charge on any atom is 0.297 e. The molecule has 2 aromatic carbocycles. The van der Waals surface area contributed by atoms with Gasteiger partial charge in [-0.15, -0.1) is 10.2 Å². The molecule has 1 aliphatic heterocycles. The van der Waals surface area contributed by atoms with Gasteiger partial charge in [0.2, 0.25) is 10.9 Å². The van der Waals surface area contributed by atoms with E-state index in [9.17, 15) is 19.1 Å². The van der Waals surface area contributed by atoms with E-state index in [1.807, 2.05) is 6.92 Å². The highest BCUT2D eigenvalue weighted by Gasteiger charge is 2.45. The molecule has 1 N–H and O–H groups in total. The molecule has 1 aliphatic rings. The van der Waals surface area contributed by atoms with Crippen molar-refractivity contribution in [2.24, 2.45) is 0 Å². The Kier molecular flexibility index (Phi) is 5.09. The van der Waals surface area contributed by atoms with Crippen molar-refractivity contribution in [3.8, 4) is 11.5 Å². The minimum atomic E-state index is -0.923. The molecule has 0 saturated heterocycles. The van der Waals surface area contributed by atoms with Gasteiger partial charge < -0.3 is 14.3 Å². The Bertz CT molecular complexity index is 1460. The number of carbonyl (C=O) groups excluding carboxylic acids is 1. The van der Waals surface area contributed by atoms with E-state index in [0.29, 0.717) is 17.1 Å². The van der Waals surface area contributed by atoms with Crippen LogP contribution in [0.25, 0.3) is 11.0 Å². The van der Waals surface area contributed by atoms with E-state index in [0.717, 1.165) is 17.5 Å². The third-order valence-electron chi connectivity index (χ3n) is 5.48. The number of fused-ring (bicyclic) bond motifs is 2. The fourth-order valence-corrected chi connectivity index (χ4v) is 4.95. The van der Waals surface area contributed by atoms with Crippen LogP contribution in [0.15, 0.2) is 45.6 Å². The van der Waals surface area contributed by atoms with Crippen LogP contribution in [0.1, 0.15) is 46.1 Å². The van der Waals surface area contributed by atoms with E-state index in [-0.39, 0.29) is 33.8 Å². The molecule has 168 valence electrons. The summed E-state index contributed by atoms with van der Waals surface area (Å²) in [5.41, 5.74) is 0.156. The number of aromatic hydroxyl groups is 1. The van der Waals surface area contributed by atoms with Crippen molar-refractivity contribution in [3.05, 3.63) is 74.3 Å². The zero-order valence-corrected chi connectivity index (χ0v) is 18.5. The lowest BCUT2D eigenvalue weighted by Gasteiger charge is -2.22. The predicted molar refractivity (Wildman–Crippen MR) is 120 cm³/mol. The van der Waals surface area contributed by atoms with E-state index in [1.54, 1.807) is 12.1 Å². The zero-order chi connectivity index (χ0) is 23.3. The number of carbonyl (C=O) groups is 1. The first kappa shape index (κ1) is 21.1. The minimum absolute atomic E-state index is 0.0306. The number of anilines is 1. The molecule has 5 rings (SSSR count). The van der Waals surface area contributed by atoms with Gasteiger partial charge in [-0.05, 0) is 42.3 Å². The monoisotopic (exact) mass is 467 g/mol. The topological polar surface area (TPSA) is 106 Å². The van der Waals surface area contributed by atoms with Crippen LogP contribution in [0.2, 0.25) is 0 Å². The summed E-state index contributed by atoms with van der Waals surface area (Å²) in [5, 5.41) is 19.5. The van der Waals surface area contributed by atoms with Gasteiger partial charge in [0.25, 0.3) is 5.91 Å². The molecule has 2 aromatic heterocycles. The second-order valence-electron chi connectivity index (χ2n) is 7.55. The first-order valence-corrected chi connectivity index (χ1v) is 11.0. The normalized spacial score (nSPS) is 15.3. The number of methoxy groups -OCH3 is 1. The van der Waals surface area contributed by atoms with Gasteiger partial charge in [0, 0.05) is 6.42 Å².